The molecular weight excluding hydrogens is 288 g/mol. The molecule has 0 spiro atoms. The first-order chi connectivity index (χ1) is 10.6. The highest BCUT2D eigenvalue weighted by Gasteiger charge is 2.15. The Morgan fingerprint density at radius 1 is 0.682 bits per heavy atom. The van der Waals surface area contributed by atoms with E-state index in [4.69, 9.17) is 0 Å². The third-order valence-electron chi connectivity index (χ3n) is 4.23. The molecule has 22 heavy (non-hydrogen) atoms. The van der Waals surface area contributed by atoms with Crippen molar-refractivity contribution < 1.29 is 4.21 Å². The first-order valence-corrected chi connectivity index (χ1v) is 9.44. The minimum absolute atomic E-state index is 0.920. The Hall–Kier alpha value is -1.41. The molecule has 2 heteroatoms. The number of aryl methyl sites for hydroxylation is 4. The lowest BCUT2D eigenvalue weighted by atomic mass is 10.1. The Bertz CT molecular complexity index is 616. The lowest BCUT2D eigenvalue weighted by Gasteiger charge is -2.13. The maximum Gasteiger partial charge on any atom is 0.0855 e. The zero-order valence-electron chi connectivity index (χ0n) is 14.1. The fourth-order valence-corrected chi connectivity index (χ4v) is 4.24. The van der Waals surface area contributed by atoms with E-state index in [0.29, 0.717) is 0 Å². The predicted molar refractivity (Wildman–Crippen MR) is 95.1 cm³/mol. The maximum absolute atomic E-state index is 13.1. The molecule has 0 aliphatic rings. The van der Waals surface area contributed by atoms with Crippen molar-refractivity contribution in [2.45, 2.75) is 63.2 Å². The molecule has 118 valence electrons. The van der Waals surface area contributed by atoms with Gasteiger partial charge in [0, 0.05) is 9.79 Å². The first kappa shape index (κ1) is 17.0. The fraction of sp³-hybridized carbons (Fsp3) is 0.400. The third-order valence-corrected chi connectivity index (χ3v) is 5.82. The van der Waals surface area contributed by atoms with Crippen molar-refractivity contribution >= 4 is 10.8 Å². The van der Waals surface area contributed by atoms with Gasteiger partial charge in [0.05, 0.1) is 10.8 Å². The van der Waals surface area contributed by atoms with Crippen LogP contribution in [0.5, 0.6) is 0 Å². The second kappa shape index (κ2) is 7.73. The normalized spacial score (nSPS) is 11.1. The molecule has 0 N–H and O–H groups in total. The topological polar surface area (TPSA) is 17.1 Å². The van der Waals surface area contributed by atoms with E-state index in [0.717, 1.165) is 35.5 Å². The molecule has 0 aliphatic heterocycles. The van der Waals surface area contributed by atoms with Crippen molar-refractivity contribution in [3.63, 3.8) is 0 Å². The highest BCUT2D eigenvalue weighted by atomic mass is 32.2. The van der Waals surface area contributed by atoms with Gasteiger partial charge >= 0.3 is 0 Å². The van der Waals surface area contributed by atoms with Crippen LogP contribution in [0.2, 0.25) is 0 Å². The lowest BCUT2D eigenvalue weighted by Crippen LogP contribution is -2.03. The predicted octanol–water partition coefficient (Wildman–Crippen LogP) is 5.10. The Morgan fingerprint density at radius 3 is 1.41 bits per heavy atom. The van der Waals surface area contributed by atoms with Gasteiger partial charge in [0.2, 0.25) is 0 Å². The SMILES string of the molecule is CCc1ccc(S(=O)c2ccc(CC)cc2CC)c(CC)c1. The average molecular weight is 314 g/mol. The zero-order chi connectivity index (χ0) is 16.1. The van der Waals surface area contributed by atoms with Gasteiger partial charge in [0.15, 0.2) is 0 Å². The molecule has 0 aromatic heterocycles. The number of hydrogen-bond acceptors (Lipinski definition) is 1. The van der Waals surface area contributed by atoms with E-state index in [1.807, 2.05) is 0 Å². The summed E-state index contributed by atoms with van der Waals surface area (Å²) in [7, 11) is -1.09. The molecule has 0 atom stereocenters. The second-order valence-corrected chi connectivity index (χ2v) is 6.98. The summed E-state index contributed by atoms with van der Waals surface area (Å²) < 4.78 is 13.1. The Labute approximate surface area is 137 Å². The van der Waals surface area contributed by atoms with Crippen LogP contribution >= 0.6 is 0 Å². The van der Waals surface area contributed by atoms with Crippen LogP contribution in [0.15, 0.2) is 46.2 Å². The highest BCUT2D eigenvalue weighted by Crippen LogP contribution is 2.26. The van der Waals surface area contributed by atoms with Gasteiger partial charge in [-0.2, -0.15) is 0 Å². The van der Waals surface area contributed by atoms with E-state index < -0.39 is 10.8 Å². The molecule has 0 radical (unpaired) electrons. The summed E-state index contributed by atoms with van der Waals surface area (Å²) >= 11 is 0. The van der Waals surface area contributed by atoms with Gasteiger partial charge < -0.3 is 0 Å². The molecule has 0 unspecified atom stereocenters. The molecular formula is C20H26OS. The van der Waals surface area contributed by atoms with Crippen LogP contribution in [-0.2, 0) is 36.5 Å². The summed E-state index contributed by atoms with van der Waals surface area (Å²) in [6.45, 7) is 8.58. The van der Waals surface area contributed by atoms with Crippen LogP contribution in [0.3, 0.4) is 0 Å². The van der Waals surface area contributed by atoms with E-state index in [9.17, 15) is 4.21 Å². The summed E-state index contributed by atoms with van der Waals surface area (Å²) in [5.74, 6) is 0. The van der Waals surface area contributed by atoms with Gasteiger partial charge in [-0.25, -0.2) is 4.21 Å². The van der Waals surface area contributed by atoms with Crippen LogP contribution < -0.4 is 0 Å². The van der Waals surface area contributed by atoms with Gasteiger partial charge in [0.1, 0.15) is 0 Å². The molecule has 0 aliphatic carbocycles. The van der Waals surface area contributed by atoms with E-state index in [1.54, 1.807) is 0 Å². The summed E-state index contributed by atoms with van der Waals surface area (Å²) in [6, 6.07) is 12.7. The molecule has 0 saturated heterocycles. The lowest BCUT2D eigenvalue weighted by molar-refractivity contribution is 0.681. The van der Waals surface area contributed by atoms with Gasteiger partial charge in [-0.3, -0.25) is 0 Å². The number of benzene rings is 2. The number of hydrogen-bond donors (Lipinski definition) is 0. The van der Waals surface area contributed by atoms with Crippen molar-refractivity contribution in [3.8, 4) is 0 Å². The number of rotatable bonds is 6. The van der Waals surface area contributed by atoms with Gasteiger partial charge in [-0.05, 0) is 60.1 Å². The fourth-order valence-electron chi connectivity index (χ4n) is 2.74. The van der Waals surface area contributed by atoms with E-state index in [-0.39, 0.29) is 0 Å². The zero-order valence-corrected chi connectivity index (χ0v) is 14.9. The Morgan fingerprint density at radius 2 is 1.09 bits per heavy atom. The van der Waals surface area contributed by atoms with Crippen molar-refractivity contribution in [3.05, 3.63) is 58.7 Å². The third kappa shape index (κ3) is 3.49. The maximum atomic E-state index is 13.1. The molecule has 2 aromatic carbocycles. The minimum atomic E-state index is -1.09. The molecule has 2 rings (SSSR count). The Kier molecular flexibility index (Phi) is 5.96. The van der Waals surface area contributed by atoms with Crippen LogP contribution in [0.4, 0.5) is 0 Å². The van der Waals surface area contributed by atoms with Crippen molar-refractivity contribution in [1.29, 1.82) is 0 Å². The van der Waals surface area contributed by atoms with Gasteiger partial charge in [-0.15, -0.1) is 0 Å². The second-order valence-electron chi connectivity index (χ2n) is 5.57. The minimum Gasteiger partial charge on any atom is -0.249 e. The van der Waals surface area contributed by atoms with Crippen molar-refractivity contribution in [1.82, 2.24) is 0 Å². The first-order valence-electron chi connectivity index (χ1n) is 8.29. The molecule has 0 heterocycles. The molecule has 0 fully saturated rings. The van der Waals surface area contributed by atoms with Gasteiger partial charge in [0.25, 0.3) is 0 Å². The average Bonchev–Trinajstić information content (AvgIpc) is 2.59. The summed E-state index contributed by atoms with van der Waals surface area (Å²) in [6.07, 6.45) is 3.88. The molecule has 0 amide bonds. The molecule has 0 saturated carbocycles. The van der Waals surface area contributed by atoms with Crippen molar-refractivity contribution in [2.24, 2.45) is 0 Å². The molecule has 1 nitrogen and oxygen atoms in total. The summed E-state index contributed by atoms with van der Waals surface area (Å²) in [5, 5.41) is 0. The molecule has 2 aromatic rings. The van der Waals surface area contributed by atoms with Gasteiger partial charge in [-0.1, -0.05) is 52.0 Å². The Balaban J connectivity index is 2.48. The van der Waals surface area contributed by atoms with Crippen LogP contribution in [0, 0.1) is 0 Å². The monoisotopic (exact) mass is 314 g/mol. The van der Waals surface area contributed by atoms with Crippen LogP contribution in [-0.4, -0.2) is 4.21 Å². The van der Waals surface area contributed by atoms with Crippen LogP contribution in [0.1, 0.15) is 49.9 Å². The highest BCUT2D eigenvalue weighted by molar-refractivity contribution is 7.85. The molecule has 0 bridgehead atoms. The van der Waals surface area contributed by atoms with E-state index >= 15 is 0 Å². The van der Waals surface area contributed by atoms with Crippen LogP contribution in [0.25, 0.3) is 0 Å². The van der Waals surface area contributed by atoms with Crippen molar-refractivity contribution in [2.75, 3.05) is 0 Å². The summed E-state index contributed by atoms with van der Waals surface area (Å²) in [4.78, 5) is 1.94. The smallest absolute Gasteiger partial charge is 0.0855 e. The largest absolute Gasteiger partial charge is 0.249 e. The quantitative estimate of drug-likeness (QED) is 0.724. The summed E-state index contributed by atoms with van der Waals surface area (Å²) in [5.41, 5.74) is 5.04. The van der Waals surface area contributed by atoms with E-state index in [1.165, 1.54) is 22.3 Å². The standard InChI is InChI=1S/C20H26OS/c1-5-15-9-11-19(17(7-3)13-15)22(21)20-12-10-16(6-2)14-18(20)8-4/h9-14H,5-8H2,1-4H3. The van der Waals surface area contributed by atoms with E-state index in [2.05, 4.69) is 64.1 Å².